The number of amides is 2. The lowest BCUT2D eigenvalue weighted by Crippen LogP contribution is -2.51. The number of nitrogens with one attached hydrogen (secondary N) is 1. The van der Waals surface area contributed by atoms with E-state index in [-0.39, 0.29) is 28.8 Å². The summed E-state index contributed by atoms with van der Waals surface area (Å²) in [5.41, 5.74) is 2.04. The summed E-state index contributed by atoms with van der Waals surface area (Å²) >= 11 is 6.08. The van der Waals surface area contributed by atoms with Gasteiger partial charge in [0, 0.05) is 24.2 Å². The third-order valence-corrected chi connectivity index (χ3v) is 8.51. The Morgan fingerprint density at radius 1 is 0.976 bits per heavy atom. The zero-order valence-electron chi connectivity index (χ0n) is 23.9. The van der Waals surface area contributed by atoms with Crippen LogP contribution >= 0.6 is 11.6 Å². The molecule has 41 heavy (non-hydrogen) atoms. The van der Waals surface area contributed by atoms with E-state index in [2.05, 4.69) is 5.32 Å². The van der Waals surface area contributed by atoms with Gasteiger partial charge in [0.1, 0.15) is 12.6 Å². The molecule has 0 aliphatic carbocycles. The van der Waals surface area contributed by atoms with E-state index in [1.165, 1.54) is 49.5 Å². The van der Waals surface area contributed by atoms with Gasteiger partial charge in [-0.25, -0.2) is 8.42 Å². The number of methoxy groups -OCH3 is 2. The van der Waals surface area contributed by atoms with Crippen molar-refractivity contribution in [3.8, 4) is 11.5 Å². The van der Waals surface area contributed by atoms with Crippen molar-refractivity contribution in [1.29, 1.82) is 0 Å². The summed E-state index contributed by atoms with van der Waals surface area (Å²) in [4.78, 5) is 28.2. The molecule has 0 unspecified atom stereocenters. The normalized spacial score (nSPS) is 11.9. The summed E-state index contributed by atoms with van der Waals surface area (Å²) in [6.07, 6.45) is 0.734. The third-order valence-electron chi connectivity index (χ3n) is 6.49. The molecule has 3 rings (SSSR count). The quantitative estimate of drug-likeness (QED) is 0.302. The van der Waals surface area contributed by atoms with Crippen molar-refractivity contribution in [3.63, 3.8) is 0 Å². The number of halogens is 1. The SMILES string of the molecule is CCCNC(=O)[C@H](C)N(Cc1cccc(C)c1)C(=O)CN(c1ccc(Cl)cc1)S(=O)(=O)c1ccc(OC)c(OC)c1. The largest absolute Gasteiger partial charge is 0.493 e. The first kappa shape index (κ1) is 31.8. The Kier molecular flexibility index (Phi) is 11.0. The highest BCUT2D eigenvalue weighted by molar-refractivity contribution is 7.92. The maximum Gasteiger partial charge on any atom is 0.264 e. The van der Waals surface area contributed by atoms with Crippen LogP contribution in [0.4, 0.5) is 5.69 Å². The maximum absolute atomic E-state index is 14.0. The monoisotopic (exact) mass is 601 g/mol. The van der Waals surface area contributed by atoms with Gasteiger partial charge in [0.15, 0.2) is 11.5 Å². The van der Waals surface area contributed by atoms with Crippen LogP contribution in [-0.4, -0.2) is 58.5 Å². The third kappa shape index (κ3) is 7.92. The molecule has 0 spiro atoms. The number of nitrogens with zero attached hydrogens (tertiary/aromatic N) is 2. The molecule has 3 aromatic rings. The second-order valence-corrected chi connectivity index (χ2v) is 11.8. The minimum absolute atomic E-state index is 0.100. The average molecular weight is 602 g/mol. The lowest BCUT2D eigenvalue weighted by molar-refractivity contribution is -0.139. The van der Waals surface area contributed by atoms with Crippen LogP contribution in [0, 0.1) is 6.92 Å². The zero-order chi connectivity index (χ0) is 30.2. The summed E-state index contributed by atoms with van der Waals surface area (Å²) in [6.45, 7) is 5.52. The molecule has 0 heterocycles. The number of rotatable bonds is 13. The minimum atomic E-state index is -4.29. The highest BCUT2D eigenvalue weighted by atomic mass is 35.5. The highest BCUT2D eigenvalue weighted by Crippen LogP contribution is 2.32. The predicted octanol–water partition coefficient (Wildman–Crippen LogP) is 4.80. The van der Waals surface area contributed by atoms with Gasteiger partial charge in [-0.2, -0.15) is 0 Å². The van der Waals surface area contributed by atoms with Crippen molar-refractivity contribution in [2.24, 2.45) is 0 Å². The Bertz CT molecular complexity index is 1460. The van der Waals surface area contributed by atoms with Crippen molar-refractivity contribution in [2.45, 2.75) is 44.7 Å². The van der Waals surface area contributed by atoms with Gasteiger partial charge in [-0.15, -0.1) is 0 Å². The molecule has 0 aliphatic heterocycles. The Labute approximate surface area is 247 Å². The number of carbonyl (C=O) groups is 2. The Balaban J connectivity index is 2.06. The van der Waals surface area contributed by atoms with E-state index in [0.29, 0.717) is 17.3 Å². The number of sulfonamides is 1. The topological polar surface area (TPSA) is 105 Å². The molecule has 11 heteroatoms. The van der Waals surface area contributed by atoms with Gasteiger partial charge in [-0.1, -0.05) is 48.4 Å². The number of hydrogen-bond acceptors (Lipinski definition) is 6. The summed E-state index contributed by atoms with van der Waals surface area (Å²) < 4.78 is 39.6. The van der Waals surface area contributed by atoms with Crippen molar-refractivity contribution < 1.29 is 27.5 Å². The van der Waals surface area contributed by atoms with Gasteiger partial charge in [0.25, 0.3) is 10.0 Å². The van der Waals surface area contributed by atoms with E-state index in [1.54, 1.807) is 19.1 Å². The van der Waals surface area contributed by atoms with Crippen LogP contribution in [0.15, 0.2) is 71.6 Å². The van der Waals surface area contributed by atoms with Crippen LogP contribution in [0.5, 0.6) is 11.5 Å². The molecular formula is C30H36ClN3O6S. The number of hydrogen-bond donors (Lipinski definition) is 1. The second kappa shape index (κ2) is 14.2. The van der Waals surface area contributed by atoms with Gasteiger partial charge in [0.2, 0.25) is 11.8 Å². The summed E-state index contributed by atoms with van der Waals surface area (Å²) in [5, 5.41) is 3.24. The van der Waals surface area contributed by atoms with Crippen molar-refractivity contribution in [2.75, 3.05) is 31.6 Å². The van der Waals surface area contributed by atoms with Crippen LogP contribution in [0.25, 0.3) is 0 Å². The minimum Gasteiger partial charge on any atom is -0.493 e. The molecule has 0 saturated carbocycles. The number of ether oxygens (including phenoxy) is 2. The van der Waals surface area contributed by atoms with Gasteiger partial charge in [-0.3, -0.25) is 13.9 Å². The van der Waals surface area contributed by atoms with Gasteiger partial charge < -0.3 is 19.7 Å². The Morgan fingerprint density at radius 2 is 1.66 bits per heavy atom. The Hall–Kier alpha value is -3.76. The zero-order valence-corrected chi connectivity index (χ0v) is 25.5. The first-order chi connectivity index (χ1) is 19.5. The molecule has 0 bridgehead atoms. The lowest BCUT2D eigenvalue weighted by Gasteiger charge is -2.32. The van der Waals surface area contributed by atoms with E-state index in [0.717, 1.165) is 21.9 Å². The molecule has 1 atom stereocenters. The molecule has 2 amide bonds. The first-order valence-electron chi connectivity index (χ1n) is 13.1. The number of anilines is 1. The smallest absolute Gasteiger partial charge is 0.264 e. The van der Waals surface area contributed by atoms with Crippen LogP contribution in [0.1, 0.15) is 31.4 Å². The molecular weight excluding hydrogens is 566 g/mol. The van der Waals surface area contributed by atoms with Crippen molar-refractivity contribution in [1.82, 2.24) is 10.2 Å². The standard InChI is InChI=1S/C30H36ClN3O6S/c1-6-16-32-30(36)22(3)33(19-23-9-7-8-21(2)17-23)29(35)20-34(25-12-10-24(31)11-13-25)41(37,38)26-14-15-27(39-4)28(18-26)40-5/h7-15,17-18,22H,6,16,19-20H2,1-5H3,(H,32,36)/t22-/m0/s1. The second-order valence-electron chi connectivity index (χ2n) is 9.48. The molecule has 220 valence electrons. The number of aryl methyl sites for hydroxylation is 1. The van der Waals surface area contributed by atoms with Gasteiger partial charge in [-0.05, 0) is 62.2 Å². The molecule has 0 fully saturated rings. The molecule has 0 radical (unpaired) electrons. The number of benzene rings is 3. The van der Waals surface area contributed by atoms with E-state index in [1.807, 2.05) is 38.1 Å². The van der Waals surface area contributed by atoms with E-state index in [9.17, 15) is 18.0 Å². The van der Waals surface area contributed by atoms with Crippen LogP contribution in [0.3, 0.4) is 0 Å². The van der Waals surface area contributed by atoms with Crippen LogP contribution in [0.2, 0.25) is 5.02 Å². The Morgan fingerprint density at radius 3 is 2.27 bits per heavy atom. The van der Waals surface area contributed by atoms with E-state index in [4.69, 9.17) is 21.1 Å². The van der Waals surface area contributed by atoms with Gasteiger partial charge >= 0.3 is 0 Å². The van der Waals surface area contributed by atoms with Crippen LogP contribution in [-0.2, 0) is 26.2 Å². The summed E-state index contributed by atoms with van der Waals surface area (Å²) in [5.74, 6) is -0.298. The van der Waals surface area contributed by atoms with Crippen LogP contribution < -0.4 is 19.1 Å². The molecule has 0 aliphatic rings. The fourth-order valence-corrected chi connectivity index (χ4v) is 5.78. The van der Waals surface area contributed by atoms with Crippen molar-refractivity contribution >= 4 is 39.1 Å². The molecule has 3 aromatic carbocycles. The molecule has 0 aromatic heterocycles. The summed E-state index contributed by atoms with van der Waals surface area (Å²) in [7, 11) is -1.43. The molecule has 1 N–H and O–H groups in total. The van der Waals surface area contributed by atoms with Gasteiger partial charge in [0.05, 0.1) is 24.8 Å². The summed E-state index contributed by atoms with van der Waals surface area (Å²) in [6, 6.07) is 17.1. The lowest BCUT2D eigenvalue weighted by atomic mass is 10.1. The fourth-order valence-electron chi connectivity index (χ4n) is 4.23. The fraction of sp³-hybridized carbons (Fsp3) is 0.333. The average Bonchev–Trinajstić information content (AvgIpc) is 2.97. The van der Waals surface area contributed by atoms with E-state index >= 15 is 0 Å². The molecule has 9 nitrogen and oxygen atoms in total. The van der Waals surface area contributed by atoms with Crippen molar-refractivity contribution in [3.05, 3.63) is 82.9 Å². The maximum atomic E-state index is 14.0. The number of carbonyl (C=O) groups excluding carboxylic acids is 2. The predicted molar refractivity (Wildman–Crippen MR) is 160 cm³/mol. The molecule has 0 saturated heterocycles. The van der Waals surface area contributed by atoms with E-state index < -0.39 is 28.5 Å². The highest BCUT2D eigenvalue weighted by Gasteiger charge is 2.33. The first-order valence-corrected chi connectivity index (χ1v) is 15.0.